The monoisotopic (exact) mass is 305 g/mol. The zero-order valence-electron chi connectivity index (χ0n) is 13.0. The van der Waals surface area contributed by atoms with Gasteiger partial charge in [-0.1, -0.05) is 6.07 Å². The Kier molecular flexibility index (Phi) is 4.25. The largest absolute Gasteiger partial charge is 0.305 e. The van der Waals surface area contributed by atoms with E-state index in [0.29, 0.717) is 6.54 Å². The van der Waals surface area contributed by atoms with E-state index in [4.69, 9.17) is 0 Å². The van der Waals surface area contributed by atoms with Crippen LogP contribution in [0.15, 0.2) is 18.2 Å². The molecule has 1 N–H and O–H groups in total. The highest BCUT2D eigenvalue weighted by Crippen LogP contribution is 2.24. The van der Waals surface area contributed by atoms with Crippen LogP contribution in [-0.4, -0.2) is 9.78 Å². The van der Waals surface area contributed by atoms with Crippen LogP contribution < -0.4 is 5.32 Å². The van der Waals surface area contributed by atoms with Gasteiger partial charge in [0.1, 0.15) is 0 Å². The number of aryl methyl sites for hydroxylation is 2. The van der Waals surface area contributed by atoms with Crippen molar-refractivity contribution in [3.63, 3.8) is 0 Å². The van der Waals surface area contributed by atoms with Crippen molar-refractivity contribution in [3.8, 4) is 0 Å². The number of aromatic nitrogens is 2. The minimum Gasteiger partial charge on any atom is -0.305 e. The Morgan fingerprint density at radius 2 is 2.00 bits per heavy atom. The minimum absolute atomic E-state index is 0.0516. The van der Waals surface area contributed by atoms with Crippen LogP contribution in [0.5, 0.6) is 0 Å². The molecule has 0 fully saturated rings. The Hall–Kier alpha value is -1.75. The first-order valence-electron chi connectivity index (χ1n) is 7.78. The zero-order valence-corrected chi connectivity index (χ0v) is 13.0. The molecule has 1 atom stereocenters. The number of fused-ring (bicyclic) bond motifs is 1. The summed E-state index contributed by atoms with van der Waals surface area (Å²) in [5.74, 6) is -1.61. The van der Waals surface area contributed by atoms with Gasteiger partial charge in [-0.25, -0.2) is 8.78 Å². The molecule has 0 spiro atoms. The van der Waals surface area contributed by atoms with Crippen molar-refractivity contribution in [2.24, 2.45) is 7.05 Å². The van der Waals surface area contributed by atoms with E-state index in [2.05, 4.69) is 10.4 Å². The molecule has 1 heterocycles. The zero-order chi connectivity index (χ0) is 15.7. The van der Waals surface area contributed by atoms with Crippen molar-refractivity contribution in [2.75, 3.05) is 0 Å². The number of rotatable bonds is 4. The van der Waals surface area contributed by atoms with Crippen LogP contribution in [0.25, 0.3) is 0 Å². The SMILES string of the molecule is CC(NCc1c2c(nn1C)CCCC2)c1ccc(F)c(F)c1. The van der Waals surface area contributed by atoms with Crippen molar-refractivity contribution in [3.05, 3.63) is 52.3 Å². The van der Waals surface area contributed by atoms with Crippen molar-refractivity contribution in [1.29, 1.82) is 0 Å². The van der Waals surface area contributed by atoms with E-state index in [1.54, 1.807) is 6.07 Å². The van der Waals surface area contributed by atoms with Crippen LogP contribution in [0.3, 0.4) is 0 Å². The summed E-state index contributed by atoms with van der Waals surface area (Å²) >= 11 is 0. The lowest BCUT2D eigenvalue weighted by Crippen LogP contribution is -2.21. The molecule has 0 saturated heterocycles. The molecule has 0 saturated carbocycles. The first-order valence-corrected chi connectivity index (χ1v) is 7.78. The van der Waals surface area contributed by atoms with E-state index in [1.165, 1.54) is 41.9 Å². The third kappa shape index (κ3) is 2.90. The average Bonchev–Trinajstić information content (AvgIpc) is 2.83. The van der Waals surface area contributed by atoms with Crippen LogP contribution in [-0.2, 0) is 26.4 Å². The van der Waals surface area contributed by atoms with Gasteiger partial charge in [-0.3, -0.25) is 4.68 Å². The van der Waals surface area contributed by atoms with Crippen molar-refractivity contribution >= 4 is 0 Å². The van der Waals surface area contributed by atoms with E-state index < -0.39 is 11.6 Å². The van der Waals surface area contributed by atoms with E-state index >= 15 is 0 Å². The van der Waals surface area contributed by atoms with Gasteiger partial charge in [-0.15, -0.1) is 0 Å². The van der Waals surface area contributed by atoms with Gasteiger partial charge in [0.2, 0.25) is 0 Å². The molecule has 0 bridgehead atoms. The Morgan fingerprint density at radius 1 is 1.23 bits per heavy atom. The summed E-state index contributed by atoms with van der Waals surface area (Å²) in [5.41, 5.74) is 4.52. The van der Waals surface area contributed by atoms with Gasteiger partial charge in [0, 0.05) is 19.6 Å². The predicted octanol–water partition coefficient (Wildman–Crippen LogP) is 3.43. The molecular weight excluding hydrogens is 284 g/mol. The molecule has 2 aromatic rings. The van der Waals surface area contributed by atoms with Gasteiger partial charge in [-0.2, -0.15) is 5.10 Å². The van der Waals surface area contributed by atoms with Crippen molar-refractivity contribution < 1.29 is 8.78 Å². The van der Waals surface area contributed by atoms with Crippen LogP contribution >= 0.6 is 0 Å². The van der Waals surface area contributed by atoms with Gasteiger partial charge >= 0.3 is 0 Å². The summed E-state index contributed by atoms with van der Waals surface area (Å²) in [7, 11) is 1.97. The lowest BCUT2D eigenvalue weighted by molar-refractivity contribution is 0.498. The number of nitrogens with one attached hydrogen (secondary N) is 1. The Bertz CT molecular complexity index is 679. The first-order chi connectivity index (χ1) is 10.6. The molecule has 0 aliphatic heterocycles. The summed E-state index contributed by atoms with van der Waals surface area (Å²) in [6.45, 7) is 2.63. The van der Waals surface area contributed by atoms with Crippen LogP contribution in [0.4, 0.5) is 8.78 Å². The van der Waals surface area contributed by atoms with Crippen LogP contribution in [0, 0.1) is 11.6 Å². The minimum atomic E-state index is -0.809. The third-order valence-corrected chi connectivity index (χ3v) is 4.47. The number of hydrogen-bond donors (Lipinski definition) is 1. The van der Waals surface area contributed by atoms with Gasteiger partial charge < -0.3 is 5.32 Å². The highest BCUT2D eigenvalue weighted by atomic mass is 19.2. The number of nitrogens with zero attached hydrogens (tertiary/aromatic N) is 2. The normalized spacial score (nSPS) is 15.6. The molecule has 3 nitrogen and oxygen atoms in total. The molecule has 0 amide bonds. The van der Waals surface area contributed by atoms with E-state index in [9.17, 15) is 8.78 Å². The van der Waals surface area contributed by atoms with Gasteiger partial charge in [0.25, 0.3) is 0 Å². The fraction of sp³-hybridized carbons (Fsp3) is 0.471. The Labute approximate surface area is 129 Å². The number of benzene rings is 1. The molecule has 3 rings (SSSR count). The first kappa shape index (κ1) is 15.2. The van der Waals surface area contributed by atoms with E-state index in [1.807, 2.05) is 18.7 Å². The Morgan fingerprint density at radius 3 is 2.77 bits per heavy atom. The fourth-order valence-electron chi connectivity index (χ4n) is 3.12. The van der Waals surface area contributed by atoms with Gasteiger partial charge in [-0.05, 0) is 55.9 Å². The summed E-state index contributed by atoms with van der Waals surface area (Å²) in [6.07, 6.45) is 4.56. The summed E-state index contributed by atoms with van der Waals surface area (Å²) in [6, 6.07) is 4.00. The second kappa shape index (κ2) is 6.16. The lowest BCUT2D eigenvalue weighted by Gasteiger charge is -2.16. The molecule has 1 aliphatic rings. The molecule has 22 heavy (non-hydrogen) atoms. The highest BCUT2D eigenvalue weighted by Gasteiger charge is 2.19. The van der Waals surface area contributed by atoms with Gasteiger partial charge in [0.15, 0.2) is 11.6 Å². The fourth-order valence-corrected chi connectivity index (χ4v) is 3.12. The lowest BCUT2D eigenvalue weighted by atomic mass is 9.96. The third-order valence-electron chi connectivity index (χ3n) is 4.47. The average molecular weight is 305 g/mol. The summed E-state index contributed by atoms with van der Waals surface area (Å²) in [5, 5.41) is 7.98. The topological polar surface area (TPSA) is 29.9 Å². The number of hydrogen-bond acceptors (Lipinski definition) is 2. The maximum atomic E-state index is 13.3. The molecular formula is C17H21F2N3. The molecule has 1 aliphatic carbocycles. The predicted molar refractivity (Wildman–Crippen MR) is 81.5 cm³/mol. The second-order valence-electron chi connectivity index (χ2n) is 5.98. The smallest absolute Gasteiger partial charge is 0.159 e. The maximum absolute atomic E-state index is 13.3. The summed E-state index contributed by atoms with van der Waals surface area (Å²) < 4.78 is 28.3. The molecule has 0 radical (unpaired) electrons. The van der Waals surface area contributed by atoms with Crippen molar-refractivity contribution in [1.82, 2.24) is 15.1 Å². The standard InChI is InChI=1S/C17H21F2N3/c1-11(12-7-8-14(18)15(19)9-12)20-10-17-13-5-3-4-6-16(13)21-22(17)2/h7-9,11,20H,3-6,10H2,1-2H3. The molecule has 1 aromatic heterocycles. The molecule has 5 heteroatoms. The van der Waals surface area contributed by atoms with E-state index in [0.717, 1.165) is 18.4 Å². The van der Waals surface area contributed by atoms with Crippen LogP contribution in [0.1, 0.15) is 48.3 Å². The second-order valence-corrected chi connectivity index (χ2v) is 5.98. The van der Waals surface area contributed by atoms with E-state index in [-0.39, 0.29) is 6.04 Å². The molecule has 1 unspecified atom stereocenters. The summed E-state index contributed by atoms with van der Waals surface area (Å²) in [4.78, 5) is 0. The maximum Gasteiger partial charge on any atom is 0.159 e. The highest BCUT2D eigenvalue weighted by molar-refractivity contribution is 5.29. The Balaban J connectivity index is 1.72. The van der Waals surface area contributed by atoms with Crippen LogP contribution in [0.2, 0.25) is 0 Å². The number of halogens is 2. The molecule has 118 valence electrons. The van der Waals surface area contributed by atoms with Crippen molar-refractivity contribution in [2.45, 2.75) is 45.2 Å². The molecule has 1 aromatic carbocycles. The van der Waals surface area contributed by atoms with Gasteiger partial charge in [0.05, 0.1) is 11.4 Å². The quantitative estimate of drug-likeness (QED) is 0.938.